The molecule has 1 saturated heterocycles. The second-order valence-corrected chi connectivity index (χ2v) is 3.52. The maximum Gasteiger partial charge on any atom is 0.225 e. The zero-order chi connectivity index (χ0) is 10.8. The summed E-state index contributed by atoms with van der Waals surface area (Å²) in [6, 6.07) is 0. The summed E-state index contributed by atoms with van der Waals surface area (Å²) in [6.07, 6.45) is 0.206. The number of anilines is 1. The van der Waals surface area contributed by atoms with Crippen LogP contribution >= 0.6 is 0 Å². The molecule has 0 saturated carbocycles. The summed E-state index contributed by atoms with van der Waals surface area (Å²) in [5.41, 5.74) is 0. The van der Waals surface area contributed by atoms with Gasteiger partial charge in [-0.15, -0.1) is 0 Å². The van der Waals surface area contributed by atoms with Gasteiger partial charge in [0.15, 0.2) is 5.82 Å². The first kappa shape index (κ1) is 10.2. The molecule has 1 aliphatic rings. The van der Waals surface area contributed by atoms with Crippen molar-refractivity contribution in [2.24, 2.45) is 0 Å². The van der Waals surface area contributed by atoms with E-state index in [9.17, 15) is 13.9 Å². The van der Waals surface area contributed by atoms with Crippen molar-refractivity contribution in [1.82, 2.24) is 9.97 Å². The van der Waals surface area contributed by atoms with Gasteiger partial charge in [0, 0.05) is 6.54 Å². The van der Waals surface area contributed by atoms with Gasteiger partial charge in [-0.05, 0) is 6.42 Å². The van der Waals surface area contributed by atoms with E-state index in [-0.39, 0.29) is 6.54 Å². The highest BCUT2D eigenvalue weighted by molar-refractivity contribution is 5.30. The van der Waals surface area contributed by atoms with Gasteiger partial charge in [0.1, 0.15) is 6.17 Å². The second-order valence-electron chi connectivity index (χ2n) is 3.52. The van der Waals surface area contributed by atoms with Gasteiger partial charge >= 0.3 is 0 Å². The molecule has 0 aliphatic carbocycles. The Morgan fingerprint density at radius 2 is 2.07 bits per heavy atom. The van der Waals surface area contributed by atoms with Crippen molar-refractivity contribution < 1.29 is 13.9 Å². The maximum atomic E-state index is 13.2. The third kappa shape index (κ3) is 2.20. The minimum Gasteiger partial charge on any atom is -0.390 e. The zero-order valence-electron chi connectivity index (χ0n) is 7.98. The molecular weight excluding hydrogens is 204 g/mol. The van der Waals surface area contributed by atoms with E-state index < -0.39 is 18.1 Å². The predicted octanol–water partition coefficient (Wildman–Crippen LogP) is 0.525. The number of aliphatic hydroxyl groups is 1. The molecule has 2 heterocycles. The van der Waals surface area contributed by atoms with Crippen molar-refractivity contribution in [3.8, 4) is 0 Å². The van der Waals surface area contributed by atoms with Crippen LogP contribution in [0.5, 0.6) is 0 Å². The Morgan fingerprint density at radius 1 is 1.40 bits per heavy atom. The van der Waals surface area contributed by atoms with E-state index in [0.29, 0.717) is 18.9 Å². The zero-order valence-corrected chi connectivity index (χ0v) is 7.98. The normalized spacial score (nSPS) is 26.7. The SMILES string of the molecule is OC1CCN(c2ncc(F)cn2)CC1F. The van der Waals surface area contributed by atoms with Gasteiger partial charge in [0.2, 0.25) is 5.95 Å². The van der Waals surface area contributed by atoms with Crippen molar-refractivity contribution in [3.05, 3.63) is 18.2 Å². The number of aliphatic hydroxyl groups excluding tert-OH is 1. The quantitative estimate of drug-likeness (QED) is 0.742. The fourth-order valence-electron chi connectivity index (χ4n) is 1.54. The third-order valence-corrected chi connectivity index (χ3v) is 2.40. The number of piperidine rings is 1. The molecule has 2 rings (SSSR count). The van der Waals surface area contributed by atoms with Crippen LogP contribution in [0.3, 0.4) is 0 Å². The van der Waals surface area contributed by atoms with E-state index in [4.69, 9.17) is 0 Å². The molecule has 15 heavy (non-hydrogen) atoms. The highest BCUT2D eigenvalue weighted by Crippen LogP contribution is 2.17. The molecule has 2 atom stereocenters. The maximum absolute atomic E-state index is 13.2. The molecule has 1 aromatic rings. The molecule has 4 nitrogen and oxygen atoms in total. The Bertz CT molecular complexity index is 333. The summed E-state index contributed by atoms with van der Waals surface area (Å²) in [5, 5.41) is 9.18. The van der Waals surface area contributed by atoms with E-state index in [0.717, 1.165) is 12.4 Å². The van der Waals surface area contributed by atoms with Crippen molar-refractivity contribution >= 4 is 5.95 Å². The van der Waals surface area contributed by atoms with Crippen LogP contribution in [0.4, 0.5) is 14.7 Å². The monoisotopic (exact) mass is 215 g/mol. The lowest BCUT2D eigenvalue weighted by atomic mass is 10.1. The first-order chi connectivity index (χ1) is 7.16. The Morgan fingerprint density at radius 3 is 2.67 bits per heavy atom. The average molecular weight is 215 g/mol. The van der Waals surface area contributed by atoms with Crippen LogP contribution in [0.1, 0.15) is 6.42 Å². The number of hydrogen-bond acceptors (Lipinski definition) is 4. The van der Waals surface area contributed by atoms with Gasteiger partial charge in [0.25, 0.3) is 0 Å². The third-order valence-electron chi connectivity index (χ3n) is 2.40. The van der Waals surface area contributed by atoms with Gasteiger partial charge in [-0.3, -0.25) is 0 Å². The summed E-state index contributed by atoms with van der Waals surface area (Å²) in [7, 11) is 0. The van der Waals surface area contributed by atoms with Gasteiger partial charge in [-0.1, -0.05) is 0 Å². The average Bonchev–Trinajstić information content (AvgIpc) is 2.23. The predicted molar refractivity (Wildman–Crippen MR) is 49.7 cm³/mol. The van der Waals surface area contributed by atoms with Gasteiger partial charge < -0.3 is 10.0 Å². The summed E-state index contributed by atoms with van der Waals surface area (Å²) in [4.78, 5) is 9.10. The molecule has 82 valence electrons. The van der Waals surface area contributed by atoms with Crippen molar-refractivity contribution in [3.63, 3.8) is 0 Å². The molecule has 0 bridgehead atoms. The number of rotatable bonds is 1. The van der Waals surface area contributed by atoms with Crippen LogP contribution in [0, 0.1) is 5.82 Å². The van der Waals surface area contributed by atoms with E-state index in [2.05, 4.69) is 9.97 Å². The molecule has 1 N–H and O–H groups in total. The highest BCUT2D eigenvalue weighted by atomic mass is 19.1. The van der Waals surface area contributed by atoms with Gasteiger partial charge in [-0.25, -0.2) is 18.7 Å². The second kappa shape index (κ2) is 4.06. The summed E-state index contributed by atoms with van der Waals surface area (Å²) < 4.78 is 25.7. The minimum atomic E-state index is -1.30. The summed E-state index contributed by atoms with van der Waals surface area (Å²) >= 11 is 0. The van der Waals surface area contributed by atoms with Crippen LogP contribution in [-0.2, 0) is 0 Å². The number of hydrogen-bond donors (Lipinski definition) is 1. The molecule has 1 aliphatic heterocycles. The molecule has 6 heteroatoms. The molecule has 0 radical (unpaired) electrons. The van der Waals surface area contributed by atoms with Crippen LogP contribution < -0.4 is 4.90 Å². The first-order valence-electron chi connectivity index (χ1n) is 4.71. The van der Waals surface area contributed by atoms with Crippen molar-refractivity contribution in [2.75, 3.05) is 18.0 Å². The van der Waals surface area contributed by atoms with Gasteiger partial charge in [0.05, 0.1) is 25.0 Å². The number of nitrogens with zero attached hydrogens (tertiary/aromatic N) is 3. The lowest BCUT2D eigenvalue weighted by molar-refractivity contribution is 0.0611. The Labute approximate surface area is 85.6 Å². The molecule has 0 spiro atoms. The standard InChI is InChI=1S/C9H11F2N3O/c10-6-3-12-9(13-4-6)14-2-1-8(15)7(11)5-14/h3-4,7-8,15H,1-2,5H2. The molecule has 2 unspecified atom stereocenters. The first-order valence-corrected chi connectivity index (χ1v) is 4.71. The van der Waals surface area contributed by atoms with E-state index >= 15 is 0 Å². The lowest BCUT2D eigenvalue weighted by Crippen LogP contribution is -2.45. The van der Waals surface area contributed by atoms with Gasteiger partial charge in [-0.2, -0.15) is 0 Å². The lowest BCUT2D eigenvalue weighted by Gasteiger charge is -2.31. The van der Waals surface area contributed by atoms with Crippen molar-refractivity contribution in [2.45, 2.75) is 18.7 Å². The Balaban J connectivity index is 2.08. The van der Waals surface area contributed by atoms with E-state index in [1.807, 2.05) is 0 Å². The van der Waals surface area contributed by atoms with E-state index in [1.165, 1.54) is 0 Å². The smallest absolute Gasteiger partial charge is 0.225 e. The van der Waals surface area contributed by atoms with Crippen LogP contribution in [0.15, 0.2) is 12.4 Å². The molecule has 1 aromatic heterocycles. The summed E-state index contributed by atoms with van der Waals surface area (Å²) in [5.74, 6) is -0.224. The fraction of sp³-hybridized carbons (Fsp3) is 0.556. The molecule has 0 aromatic carbocycles. The molecule has 0 amide bonds. The molecule has 1 fully saturated rings. The van der Waals surface area contributed by atoms with Crippen molar-refractivity contribution in [1.29, 1.82) is 0 Å². The largest absolute Gasteiger partial charge is 0.390 e. The number of alkyl halides is 1. The Kier molecular flexibility index (Phi) is 2.77. The highest BCUT2D eigenvalue weighted by Gasteiger charge is 2.28. The van der Waals surface area contributed by atoms with Crippen LogP contribution in [0.2, 0.25) is 0 Å². The Hall–Kier alpha value is -1.30. The van der Waals surface area contributed by atoms with Crippen LogP contribution in [-0.4, -0.2) is 40.4 Å². The fourth-order valence-corrected chi connectivity index (χ4v) is 1.54. The summed E-state index contributed by atoms with van der Waals surface area (Å²) in [6.45, 7) is 0.528. The molecular formula is C9H11F2N3O. The topological polar surface area (TPSA) is 49.2 Å². The number of halogens is 2. The van der Waals surface area contributed by atoms with E-state index in [1.54, 1.807) is 4.90 Å². The minimum absolute atomic E-state index is 0.0484. The van der Waals surface area contributed by atoms with Crippen LogP contribution in [0.25, 0.3) is 0 Å². The number of aromatic nitrogens is 2.